The Morgan fingerprint density at radius 3 is 1.75 bits per heavy atom. The van der Waals surface area contributed by atoms with Crippen LogP contribution in [0, 0.1) is 0 Å². The topological polar surface area (TPSA) is 37.9 Å². The van der Waals surface area contributed by atoms with Gasteiger partial charge in [-0.2, -0.15) is 0 Å². The fraction of sp³-hybridized carbons (Fsp3) is 0.0189. The Morgan fingerprint density at radius 2 is 1.02 bits per heavy atom. The van der Waals surface area contributed by atoms with Crippen LogP contribution < -0.4 is 0 Å². The average Bonchev–Trinajstić information content (AvgIpc) is 3.86. The van der Waals surface area contributed by atoms with E-state index in [1.165, 1.54) is 36.9 Å². The van der Waals surface area contributed by atoms with Crippen molar-refractivity contribution in [1.29, 1.82) is 0 Å². The van der Waals surface area contributed by atoms with Crippen molar-refractivity contribution in [2.24, 2.45) is 9.98 Å². The summed E-state index contributed by atoms with van der Waals surface area (Å²) >= 11 is 1.86. The summed E-state index contributed by atoms with van der Waals surface area (Å²) in [7, 11) is 0. The molecular weight excluding hydrogens is 713 g/mol. The Bertz CT molecular complexity index is 3190. The highest BCUT2D eigenvalue weighted by Gasteiger charge is 2.20. The Labute approximate surface area is 335 Å². The molecule has 0 saturated carbocycles. The van der Waals surface area contributed by atoms with E-state index in [9.17, 15) is 0 Å². The molecule has 0 spiro atoms. The van der Waals surface area contributed by atoms with Gasteiger partial charge in [0.05, 0.1) is 5.70 Å². The van der Waals surface area contributed by atoms with E-state index >= 15 is 0 Å². The van der Waals surface area contributed by atoms with E-state index < -0.39 is 0 Å². The van der Waals surface area contributed by atoms with Crippen LogP contribution in [0.15, 0.2) is 209 Å². The molecule has 2 heterocycles. The predicted molar refractivity (Wildman–Crippen MR) is 244 cm³/mol. The van der Waals surface area contributed by atoms with Crippen molar-refractivity contribution in [1.82, 2.24) is 0 Å². The number of amidine groups is 1. The van der Waals surface area contributed by atoms with Crippen LogP contribution in [-0.2, 0) is 0 Å². The Morgan fingerprint density at radius 1 is 0.474 bits per heavy atom. The normalized spacial score (nSPS) is 12.2. The molecule has 0 aliphatic rings. The number of para-hydroxylation sites is 1. The third kappa shape index (κ3) is 6.27. The van der Waals surface area contributed by atoms with Crippen LogP contribution in [0.25, 0.3) is 81.2 Å². The summed E-state index contributed by atoms with van der Waals surface area (Å²) in [5.74, 6) is 0.618. The van der Waals surface area contributed by atoms with Gasteiger partial charge in [0.1, 0.15) is 11.2 Å². The van der Waals surface area contributed by atoms with Crippen LogP contribution in [0.3, 0.4) is 0 Å². The van der Waals surface area contributed by atoms with Gasteiger partial charge < -0.3 is 4.42 Å². The zero-order valence-electron chi connectivity index (χ0n) is 31.3. The summed E-state index contributed by atoms with van der Waals surface area (Å²) in [6.07, 6.45) is 0. The third-order valence-electron chi connectivity index (χ3n) is 10.7. The van der Waals surface area contributed by atoms with Gasteiger partial charge in [-0.15, -0.1) is 11.3 Å². The van der Waals surface area contributed by atoms with Crippen molar-refractivity contribution >= 4 is 70.7 Å². The first-order valence-electron chi connectivity index (χ1n) is 19.1. The summed E-state index contributed by atoms with van der Waals surface area (Å²) in [5.41, 5.74) is 13.1. The fourth-order valence-corrected chi connectivity index (χ4v) is 9.24. The number of nitrogens with zero attached hydrogens (tertiary/aromatic N) is 2. The molecule has 0 N–H and O–H groups in total. The van der Waals surface area contributed by atoms with Gasteiger partial charge in [0.15, 0.2) is 5.84 Å². The lowest BCUT2D eigenvalue weighted by molar-refractivity contribution is 0.670. The number of fused-ring (bicyclic) bond motifs is 6. The van der Waals surface area contributed by atoms with E-state index in [1.807, 2.05) is 66.8 Å². The zero-order valence-corrected chi connectivity index (χ0v) is 32.1. The second-order valence-corrected chi connectivity index (χ2v) is 15.2. The fourth-order valence-electron chi connectivity index (χ4n) is 7.88. The van der Waals surface area contributed by atoms with Gasteiger partial charge in [-0.25, -0.2) is 9.98 Å². The number of thiophene rings is 1. The molecule has 0 aliphatic heterocycles. The molecule has 0 amide bonds. The van der Waals surface area contributed by atoms with E-state index in [0.717, 1.165) is 61.0 Å². The first-order chi connectivity index (χ1) is 28.1. The molecular formula is C53H36N2OS. The van der Waals surface area contributed by atoms with Crippen molar-refractivity contribution in [2.45, 2.75) is 6.92 Å². The number of hydrogen-bond donors (Lipinski definition) is 0. The molecule has 10 rings (SSSR count). The summed E-state index contributed by atoms with van der Waals surface area (Å²) in [4.78, 5) is 10.1. The van der Waals surface area contributed by atoms with Crippen LogP contribution in [0.4, 0.5) is 0 Å². The predicted octanol–water partition coefficient (Wildman–Crippen LogP) is 14.9. The first-order valence-corrected chi connectivity index (χ1v) is 19.9. The monoisotopic (exact) mass is 748 g/mol. The smallest absolute Gasteiger partial charge is 0.160 e. The molecule has 0 radical (unpaired) electrons. The first kappa shape index (κ1) is 34.4. The standard InChI is InChI=1S/C53H36N2OS/c1-34(36-17-6-3-7-18-36)54-53(38-21-10-5-11-22-38)55-35(2)39-23-12-24-40(33-39)41-25-16-32-48-49(41)47-31-14-27-43(50(47)56-48)44-28-15-30-46-45-29-13-26-42(51(45)57-52(44)46)37-19-8-4-9-20-37/h3-33H,2H2,1H3. The maximum atomic E-state index is 6.82. The molecule has 57 heavy (non-hydrogen) atoms. The quantitative estimate of drug-likeness (QED) is 0.118. The van der Waals surface area contributed by atoms with E-state index in [1.54, 1.807) is 0 Å². The molecule has 0 unspecified atom stereocenters. The van der Waals surface area contributed by atoms with Gasteiger partial charge in [-0.1, -0.05) is 183 Å². The van der Waals surface area contributed by atoms with Crippen LogP contribution >= 0.6 is 11.3 Å². The maximum absolute atomic E-state index is 6.82. The Balaban J connectivity index is 1.07. The van der Waals surface area contributed by atoms with E-state index in [0.29, 0.717) is 11.5 Å². The van der Waals surface area contributed by atoms with Gasteiger partial charge in [-0.3, -0.25) is 0 Å². The molecule has 2 aromatic heterocycles. The minimum atomic E-state index is 0.618. The Hall–Kier alpha value is -7.14. The summed E-state index contributed by atoms with van der Waals surface area (Å²) < 4.78 is 9.37. The van der Waals surface area contributed by atoms with Gasteiger partial charge in [-0.05, 0) is 46.9 Å². The zero-order chi connectivity index (χ0) is 38.3. The molecule has 0 aliphatic carbocycles. The second kappa shape index (κ2) is 14.5. The summed E-state index contributed by atoms with van der Waals surface area (Å²) in [6.45, 7) is 6.46. The molecule has 0 fully saturated rings. The lowest BCUT2D eigenvalue weighted by atomic mass is 9.95. The summed E-state index contributed by atoms with van der Waals surface area (Å²) in [5, 5.41) is 4.70. The average molecular weight is 749 g/mol. The van der Waals surface area contributed by atoms with Crippen LogP contribution in [0.1, 0.15) is 23.6 Å². The van der Waals surface area contributed by atoms with Crippen LogP contribution in [0.2, 0.25) is 0 Å². The highest BCUT2D eigenvalue weighted by molar-refractivity contribution is 7.26. The van der Waals surface area contributed by atoms with Gasteiger partial charge in [0.25, 0.3) is 0 Å². The van der Waals surface area contributed by atoms with Gasteiger partial charge in [0.2, 0.25) is 0 Å². The Kier molecular flexibility index (Phi) is 8.74. The van der Waals surface area contributed by atoms with E-state index in [2.05, 4.69) is 146 Å². The molecule has 3 nitrogen and oxygen atoms in total. The van der Waals surface area contributed by atoms with Crippen molar-refractivity contribution < 1.29 is 4.42 Å². The van der Waals surface area contributed by atoms with Crippen LogP contribution in [0.5, 0.6) is 0 Å². The molecule has 0 saturated heterocycles. The lowest BCUT2D eigenvalue weighted by Crippen LogP contribution is -2.04. The number of rotatable bonds is 7. The largest absolute Gasteiger partial charge is 0.455 e. The van der Waals surface area contributed by atoms with Crippen LogP contribution in [-0.4, -0.2) is 11.5 Å². The van der Waals surface area contributed by atoms with E-state index in [-0.39, 0.29) is 0 Å². The lowest BCUT2D eigenvalue weighted by Gasteiger charge is -2.09. The van der Waals surface area contributed by atoms with Crippen molar-refractivity contribution in [3.63, 3.8) is 0 Å². The minimum Gasteiger partial charge on any atom is -0.455 e. The number of furan rings is 1. The van der Waals surface area contributed by atoms with Gasteiger partial charge >= 0.3 is 0 Å². The SMILES string of the molecule is C=C(N=C(N=C(C)c1ccccc1)c1ccccc1)c1cccc(-c2cccc3oc4c(-c5cccc6c5sc5c(-c7ccccc7)cccc56)cccc4c23)c1. The molecule has 0 atom stereocenters. The number of benzene rings is 8. The molecule has 10 aromatic rings. The number of hydrogen-bond acceptors (Lipinski definition) is 3. The molecule has 0 bridgehead atoms. The van der Waals surface area contributed by atoms with Crippen molar-refractivity contribution in [3.8, 4) is 33.4 Å². The second-order valence-electron chi connectivity index (χ2n) is 14.2. The highest BCUT2D eigenvalue weighted by Crippen LogP contribution is 2.46. The van der Waals surface area contributed by atoms with Gasteiger partial charge in [0, 0.05) is 58.9 Å². The molecule has 270 valence electrons. The molecule has 4 heteroatoms. The summed E-state index contributed by atoms with van der Waals surface area (Å²) in [6, 6.07) is 65.5. The van der Waals surface area contributed by atoms with Crippen molar-refractivity contribution in [3.05, 3.63) is 211 Å². The molecule has 8 aromatic carbocycles. The number of aliphatic imine (C=N–C) groups is 2. The maximum Gasteiger partial charge on any atom is 0.160 e. The van der Waals surface area contributed by atoms with Crippen molar-refractivity contribution in [2.75, 3.05) is 0 Å². The third-order valence-corrected chi connectivity index (χ3v) is 12.0. The van der Waals surface area contributed by atoms with E-state index in [4.69, 9.17) is 14.4 Å². The highest BCUT2D eigenvalue weighted by atomic mass is 32.1. The minimum absolute atomic E-state index is 0.618.